The van der Waals surface area contributed by atoms with E-state index in [4.69, 9.17) is 10.9 Å². The molecule has 0 fully saturated rings. The molecule has 2 rings (SSSR count). The molecule has 1 aromatic heterocycles. The van der Waals surface area contributed by atoms with Gasteiger partial charge in [-0.25, -0.2) is 0 Å². The first-order valence-corrected chi connectivity index (χ1v) is 4.49. The Morgan fingerprint density at radius 2 is 2.07 bits per heavy atom. The Hall–Kier alpha value is -2.21. The van der Waals surface area contributed by atoms with Crippen LogP contribution < -0.4 is 0 Å². The molecule has 0 atom stereocenters. The van der Waals surface area contributed by atoms with E-state index in [9.17, 15) is 5.11 Å². The Labute approximate surface area is 87.3 Å². The zero-order valence-electron chi connectivity index (χ0n) is 7.97. The van der Waals surface area contributed by atoms with E-state index in [-0.39, 0.29) is 5.88 Å². The molecule has 74 valence electrons. The minimum atomic E-state index is -0.133. The lowest BCUT2D eigenvalue weighted by atomic mass is 10.1. The molecule has 0 bridgehead atoms. The molecule has 0 aliphatic heterocycles. The third-order valence-electron chi connectivity index (χ3n) is 2.08. The van der Waals surface area contributed by atoms with E-state index < -0.39 is 0 Å². The number of benzene rings is 1. The summed E-state index contributed by atoms with van der Waals surface area (Å²) >= 11 is 0. The highest BCUT2D eigenvalue weighted by Crippen LogP contribution is 2.29. The van der Waals surface area contributed by atoms with Gasteiger partial charge in [0.05, 0.1) is 5.56 Å². The van der Waals surface area contributed by atoms with E-state index in [0.717, 1.165) is 5.56 Å². The topological polar surface area (TPSA) is 46.3 Å². The van der Waals surface area contributed by atoms with Crippen molar-refractivity contribution in [3.05, 3.63) is 35.9 Å². The fraction of sp³-hybridized carbons (Fsp3) is 0.0833. The van der Waals surface area contributed by atoms with Gasteiger partial charge in [0, 0.05) is 12.0 Å². The van der Waals surface area contributed by atoms with Crippen LogP contribution in [-0.4, -0.2) is 10.3 Å². The standard InChI is InChI=1S/C12H9NO2/c1-2-6-10-11(15-13-12(10)14)9-7-4-3-5-8-9/h1,3-5,7-8H,6H2,(H,13,14). The van der Waals surface area contributed by atoms with Crippen molar-refractivity contribution in [3.63, 3.8) is 0 Å². The molecule has 0 amide bonds. The second kappa shape index (κ2) is 3.89. The van der Waals surface area contributed by atoms with Gasteiger partial charge in [-0.05, 0) is 5.16 Å². The van der Waals surface area contributed by atoms with Crippen LogP contribution in [0.4, 0.5) is 0 Å². The Morgan fingerprint density at radius 1 is 1.33 bits per heavy atom. The summed E-state index contributed by atoms with van der Waals surface area (Å²) in [4.78, 5) is 0. The van der Waals surface area contributed by atoms with Gasteiger partial charge in [-0.2, -0.15) is 0 Å². The summed E-state index contributed by atoms with van der Waals surface area (Å²) < 4.78 is 5.04. The lowest BCUT2D eigenvalue weighted by Crippen LogP contribution is -1.83. The summed E-state index contributed by atoms with van der Waals surface area (Å²) in [5.41, 5.74) is 1.42. The Balaban J connectivity index is 2.50. The minimum absolute atomic E-state index is 0.133. The van der Waals surface area contributed by atoms with Crippen LogP contribution in [0.25, 0.3) is 11.3 Å². The smallest absolute Gasteiger partial charge is 0.256 e. The van der Waals surface area contributed by atoms with Gasteiger partial charge in [-0.3, -0.25) is 0 Å². The van der Waals surface area contributed by atoms with Crippen molar-refractivity contribution in [1.82, 2.24) is 5.16 Å². The molecule has 1 aromatic carbocycles. The van der Waals surface area contributed by atoms with Crippen molar-refractivity contribution in [2.45, 2.75) is 6.42 Å². The van der Waals surface area contributed by atoms with E-state index in [1.165, 1.54) is 0 Å². The number of terminal acetylenes is 1. The summed E-state index contributed by atoms with van der Waals surface area (Å²) in [6.45, 7) is 0. The summed E-state index contributed by atoms with van der Waals surface area (Å²) in [5.74, 6) is 2.86. The molecule has 3 nitrogen and oxygen atoms in total. The average molecular weight is 199 g/mol. The first kappa shape index (κ1) is 9.35. The highest BCUT2D eigenvalue weighted by molar-refractivity contribution is 5.63. The maximum atomic E-state index is 9.42. The van der Waals surface area contributed by atoms with Crippen LogP contribution in [0.3, 0.4) is 0 Å². The van der Waals surface area contributed by atoms with Crippen molar-refractivity contribution in [1.29, 1.82) is 0 Å². The molecule has 0 saturated carbocycles. The van der Waals surface area contributed by atoms with Crippen LogP contribution in [0.5, 0.6) is 5.88 Å². The van der Waals surface area contributed by atoms with Crippen molar-refractivity contribution < 1.29 is 9.63 Å². The molecule has 15 heavy (non-hydrogen) atoms. The predicted molar refractivity (Wildman–Crippen MR) is 56.1 cm³/mol. The van der Waals surface area contributed by atoms with Crippen molar-refractivity contribution in [3.8, 4) is 29.5 Å². The molecule has 1 N–H and O–H groups in total. The Kier molecular flexibility index (Phi) is 2.42. The molecule has 3 heteroatoms. The molecule has 2 aromatic rings. The van der Waals surface area contributed by atoms with E-state index in [2.05, 4.69) is 11.1 Å². The summed E-state index contributed by atoms with van der Waals surface area (Å²) in [6.07, 6.45) is 5.51. The maximum absolute atomic E-state index is 9.42. The van der Waals surface area contributed by atoms with Gasteiger partial charge in [0.15, 0.2) is 5.76 Å². The highest BCUT2D eigenvalue weighted by atomic mass is 16.5. The van der Waals surface area contributed by atoms with Crippen molar-refractivity contribution in [2.75, 3.05) is 0 Å². The maximum Gasteiger partial charge on any atom is 0.256 e. The Bertz CT molecular complexity index is 494. The van der Waals surface area contributed by atoms with Crippen molar-refractivity contribution >= 4 is 0 Å². The number of nitrogens with zero attached hydrogens (tertiary/aromatic N) is 1. The fourth-order valence-electron chi connectivity index (χ4n) is 1.38. The molecule has 0 radical (unpaired) electrons. The van der Waals surface area contributed by atoms with Crippen LogP contribution in [-0.2, 0) is 6.42 Å². The quantitative estimate of drug-likeness (QED) is 0.754. The highest BCUT2D eigenvalue weighted by Gasteiger charge is 2.15. The summed E-state index contributed by atoms with van der Waals surface area (Å²) in [5, 5.41) is 12.9. The van der Waals surface area contributed by atoms with Gasteiger partial charge >= 0.3 is 0 Å². The third-order valence-corrected chi connectivity index (χ3v) is 2.08. The number of aromatic nitrogens is 1. The zero-order chi connectivity index (χ0) is 10.7. The molecule has 0 unspecified atom stereocenters. The lowest BCUT2D eigenvalue weighted by molar-refractivity contribution is 0.365. The van der Waals surface area contributed by atoms with E-state index in [1.807, 2.05) is 30.3 Å². The minimum Gasteiger partial charge on any atom is -0.491 e. The van der Waals surface area contributed by atoms with Gasteiger partial charge in [-0.1, -0.05) is 30.3 Å². The van der Waals surface area contributed by atoms with Crippen LogP contribution >= 0.6 is 0 Å². The molecule has 0 aliphatic carbocycles. The van der Waals surface area contributed by atoms with Crippen LogP contribution in [0.15, 0.2) is 34.9 Å². The average Bonchev–Trinajstić information content (AvgIpc) is 2.63. The van der Waals surface area contributed by atoms with Gasteiger partial charge in [0.2, 0.25) is 0 Å². The normalized spacial score (nSPS) is 9.80. The molecular formula is C12H9NO2. The van der Waals surface area contributed by atoms with Gasteiger partial charge in [0.1, 0.15) is 0 Å². The predicted octanol–water partition coefficient (Wildman–Crippen LogP) is 2.22. The molecule has 0 aliphatic rings. The lowest BCUT2D eigenvalue weighted by Gasteiger charge is -1.97. The monoisotopic (exact) mass is 199 g/mol. The van der Waals surface area contributed by atoms with E-state index in [0.29, 0.717) is 17.7 Å². The van der Waals surface area contributed by atoms with Gasteiger partial charge < -0.3 is 9.63 Å². The Morgan fingerprint density at radius 3 is 2.73 bits per heavy atom. The summed E-state index contributed by atoms with van der Waals surface area (Å²) in [7, 11) is 0. The zero-order valence-corrected chi connectivity index (χ0v) is 7.97. The molecule has 1 heterocycles. The second-order valence-corrected chi connectivity index (χ2v) is 3.06. The van der Waals surface area contributed by atoms with E-state index >= 15 is 0 Å². The number of aromatic hydroxyl groups is 1. The second-order valence-electron chi connectivity index (χ2n) is 3.06. The van der Waals surface area contributed by atoms with Crippen LogP contribution in [0, 0.1) is 12.3 Å². The fourth-order valence-corrected chi connectivity index (χ4v) is 1.38. The van der Waals surface area contributed by atoms with Gasteiger partial charge in [0.25, 0.3) is 5.88 Å². The third kappa shape index (κ3) is 1.70. The molecule has 0 spiro atoms. The van der Waals surface area contributed by atoms with E-state index in [1.54, 1.807) is 0 Å². The van der Waals surface area contributed by atoms with Crippen molar-refractivity contribution in [2.24, 2.45) is 0 Å². The molecular weight excluding hydrogens is 190 g/mol. The SMILES string of the molecule is C#CCc1c(O)noc1-c1ccccc1. The summed E-state index contributed by atoms with van der Waals surface area (Å²) in [6, 6.07) is 9.42. The van der Waals surface area contributed by atoms with Crippen LogP contribution in [0.1, 0.15) is 5.56 Å². The van der Waals surface area contributed by atoms with Gasteiger partial charge in [-0.15, -0.1) is 12.3 Å². The first-order chi connectivity index (χ1) is 7.33. The largest absolute Gasteiger partial charge is 0.491 e. The molecule has 0 saturated heterocycles. The van der Waals surface area contributed by atoms with Crippen LogP contribution in [0.2, 0.25) is 0 Å². The number of hydrogen-bond donors (Lipinski definition) is 1. The number of hydrogen-bond acceptors (Lipinski definition) is 3. The first-order valence-electron chi connectivity index (χ1n) is 4.49. The number of rotatable bonds is 2.